The number of carbonyl (C=O) groups excluding carboxylic acids is 3. The average molecular weight is 543 g/mol. The van der Waals surface area contributed by atoms with Gasteiger partial charge in [0.05, 0.1) is 12.1 Å². The second kappa shape index (κ2) is 14.8. The molecular formula is C28H38N4O7. The van der Waals surface area contributed by atoms with Crippen molar-refractivity contribution in [3.8, 4) is 5.75 Å². The molecular weight excluding hydrogens is 504 g/mol. The van der Waals surface area contributed by atoms with Crippen LogP contribution in [0.2, 0.25) is 0 Å². The van der Waals surface area contributed by atoms with Gasteiger partial charge in [-0.2, -0.15) is 0 Å². The summed E-state index contributed by atoms with van der Waals surface area (Å²) in [5.41, 5.74) is 7.41. The Labute approximate surface area is 227 Å². The van der Waals surface area contributed by atoms with E-state index in [0.29, 0.717) is 12.0 Å². The van der Waals surface area contributed by atoms with Gasteiger partial charge < -0.3 is 37.0 Å². The molecule has 0 aliphatic carbocycles. The van der Waals surface area contributed by atoms with Gasteiger partial charge >= 0.3 is 5.97 Å². The van der Waals surface area contributed by atoms with Gasteiger partial charge in [0.2, 0.25) is 17.7 Å². The summed E-state index contributed by atoms with van der Waals surface area (Å²) in [6.45, 7) is 4.79. The van der Waals surface area contributed by atoms with Crippen LogP contribution in [-0.4, -0.2) is 69.3 Å². The second-order valence-corrected chi connectivity index (χ2v) is 9.66. The number of hydrogen-bond acceptors (Lipinski definition) is 7. The number of carboxylic acid groups (broad SMARTS) is 1. The normalized spacial score (nSPS) is 15.6. The molecule has 6 unspecified atom stereocenters. The Morgan fingerprint density at radius 3 is 1.90 bits per heavy atom. The zero-order valence-corrected chi connectivity index (χ0v) is 22.3. The highest BCUT2D eigenvalue weighted by Crippen LogP contribution is 2.13. The highest BCUT2D eigenvalue weighted by atomic mass is 16.4. The molecule has 2 rings (SSSR count). The van der Waals surface area contributed by atoms with Crippen LogP contribution in [-0.2, 0) is 32.0 Å². The molecule has 11 heteroatoms. The Hall–Kier alpha value is -3.96. The molecule has 6 atom stereocenters. The van der Waals surface area contributed by atoms with Crippen LogP contribution in [0.5, 0.6) is 5.75 Å². The van der Waals surface area contributed by atoms with Gasteiger partial charge in [-0.05, 0) is 42.5 Å². The minimum atomic E-state index is -1.43. The van der Waals surface area contributed by atoms with Crippen molar-refractivity contribution in [1.29, 1.82) is 0 Å². The number of phenols is 1. The lowest BCUT2D eigenvalue weighted by Gasteiger charge is -2.27. The quantitative estimate of drug-likeness (QED) is 0.179. The van der Waals surface area contributed by atoms with Crippen molar-refractivity contribution in [3.63, 3.8) is 0 Å². The number of carboxylic acids is 1. The van der Waals surface area contributed by atoms with Gasteiger partial charge in [0.15, 0.2) is 0 Å². The van der Waals surface area contributed by atoms with Crippen molar-refractivity contribution in [2.45, 2.75) is 70.3 Å². The number of nitrogens with one attached hydrogen (secondary N) is 3. The summed E-state index contributed by atoms with van der Waals surface area (Å²) in [7, 11) is 0. The maximum atomic E-state index is 13.2. The molecule has 0 heterocycles. The Balaban J connectivity index is 2.21. The first-order valence-corrected chi connectivity index (χ1v) is 12.8. The lowest BCUT2D eigenvalue weighted by atomic mass is 9.98. The molecule has 0 saturated heterocycles. The van der Waals surface area contributed by atoms with Gasteiger partial charge in [0, 0.05) is 6.42 Å². The minimum absolute atomic E-state index is 0.00946. The van der Waals surface area contributed by atoms with E-state index in [-0.39, 0.29) is 24.5 Å². The third kappa shape index (κ3) is 9.69. The molecule has 11 nitrogen and oxygen atoms in total. The maximum Gasteiger partial charge on any atom is 0.326 e. The number of nitrogens with two attached hydrogens (primary N) is 1. The largest absolute Gasteiger partial charge is 0.508 e. The first kappa shape index (κ1) is 31.3. The number of benzene rings is 2. The summed E-state index contributed by atoms with van der Waals surface area (Å²) >= 11 is 0. The van der Waals surface area contributed by atoms with E-state index < -0.39 is 54.0 Å². The van der Waals surface area contributed by atoms with Crippen molar-refractivity contribution in [2.75, 3.05) is 0 Å². The van der Waals surface area contributed by atoms with Crippen LogP contribution in [0, 0.1) is 5.92 Å². The van der Waals surface area contributed by atoms with Crippen LogP contribution >= 0.6 is 0 Å². The number of carbonyl (C=O) groups is 4. The molecule has 0 aromatic heterocycles. The van der Waals surface area contributed by atoms with Gasteiger partial charge in [-0.25, -0.2) is 4.79 Å². The Morgan fingerprint density at radius 2 is 1.36 bits per heavy atom. The maximum absolute atomic E-state index is 13.2. The fourth-order valence-corrected chi connectivity index (χ4v) is 3.90. The lowest BCUT2D eigenvalue weighted by Crippen LogP contribution is -2.60. The summed E-state index contributed by atoms with van der Waals surface area (Å²) in [6.07, 6.45) is -0.675. The summed E-state index contributed by atoms with van der Waals surface area (Å²) in [4.78, 5) is 50.9. The molecule has 3 amide bonds. The minimum Gasteiger partial charge on any atom is -0.508 e. The first-order chi connectivity index (χ1) is 18.4. The zero-order chi connectivity index (χ0) is 29.1. The van der Waals surface area contributed by atoms with Gasteiger partial charge in [-0.1, -0.05) is 62.7 Å². The summed E-state index contributed by atoms with van der Waals surface area (Å²) in [6, 6.07) is 10.1. The molecule has 212 valence electrons. The number of amides is 3. The molecule has 0 aliphatic heterocycles. The topological polar surface area (TPSA) is 191 Å². The van der Waals surface area contributed by atoms with Gasteiger partial charge in [-0.15, -0.1) is 0 Å². The number of hydrogen-bond donors (Lipinski definition) is 7. The predicted molar refractivity (Wildman–Crippen MR) is 144 cm³/mol. The SMILES string of the molecule is CCC(C)C(NC(=O)C(Cc1ccc(O)cc1)NC(=O)C(NC(=O)C(N)Cc1ccccc1)C(C)O)C(=O)O. The van der Waals surface area contributed by atoms with Crippen LogP contribution in [0.25, 0.3) is 0 Å². The molecule has 0 fully saturated rings. The van der Waals surface area contributed by atoms with E-state index in [1.54, 1.807) is 26.0 Å². The third-order valence-corrected chi connectivity index (χ3v) is 6.48. The molecule has 2 aromatic carbocycles. The number of rotatable bonds is 14. The average Bonchev–Trinajstić information content (AvgIpc) is 2.90. The van der Waals surface area contributed by atoms with Crippen LogP contribution < -0.4 is 21.7 Å². The molecule has 0 spiro atoms. The fraction of sp³-hybridized carbons (Fsp3) is 0.429. The van der Waals surface area contributed by atoms with E-state index in [9.17, 15) is 34.5 Å². The van der Waals surface area contributed by atoms with Crippen molar-refractivity contribution in [1.82, 2.24) is 16.0 Å². The van der Waals surface area contributed by atoms with Crippen molar-refractivity contribution >= 4 is 23.7 Å². The number of phenolic OH excluding ortho intramolecular Hbond substituents is 1. The number of aromatic hydroxyl groups is 1. The van der Waals surface area contributed by atoms with E-state index in [1.165, 1.54) is 19.1 Å². The molecule has 0 radical (unpaired) electrons. The van der Waals surface area contributed by atoms with E-state index in [1.807, 2.05) is 30.3 Å². The number of aliphatic hydroxyl groups is 1. The highest BCUT2D eigenvalue weighted by molar-refractivity contribution is 5.94. The highest BCUT2D eigenvalue weighted by Gasteiger charge is 2.33. The Kier molecular flexibility index (Phi) is 11.9. The van der Waals surface area contributed by atoms with Gasteiger partial charge in [0.25, 0.3) is 0 Å². The molecule has 0 aliphatic rings. The van der Waals surface area contributed by atoms with Crippen LogP contribution in [0.15, 0.2) is 54.6 Å². The summed E-state index contributed by atoms with van der Waals surface area (Å²) in [5, 5.41) is 36.9. The van der Waals surface area contributed by atoms with Crippen LogP contribution in [0.3, 0.4) is 0 Å². The zero-order valence-electron chi connectivity index (χ0n) is 22.3. The monoisotopic (exact) mass is 542 g/mol. The van der Waals surface area contributed by atoms with E-state index in [2.05, 4.69) is 16.0 Å². The molecule has 2 aromatic rings. The van der Waals surface area contributed by atoms with E-state index in [4.69, 9.17) is 5.73 Å². The third-order valence-electron chi connectivity index (χ3n) is 6.48. The molecule has 39 heavy (non-hydrogen) atoms. The molecule has 0 saturated carbocycles. The van der Waals surface area contributed by atoms with E-state index in [0.717, 1.165) is 5.56 Å². The van der Waals surface area contributed by atoms with Gasteiger partial charge in [0.1, 0.15) is 23.9 Å². The fourth-order valence-electron chi connectivity index (χ4n) is 3.90. The first-order valence-electron chi connectivity index (χ1n) is 12.8. The second-order valence-electron chi connectivity index (χ2n) is 9.66. The standard InChI is InChI=1S/C28H38N4O7/c1-4-16(2)23(28(38)39)31-26(36)22(15-19-10-12-20(34)13-11-19)30-27(37)24(17(3)33)32-25(35)21(29)14-18-8-6-5-7-9-18/h5-13,16-17,21-24,33-34H,4,14-15,29H2,1-3H3,(H,30,37)(H,31,36)(H,32,35)(H,38,39). The summed E-state index contributed by atoms with van der Waals surface area (Å²) < 4.78 is 0. The molecule has 0 bridgehead atoms. The van der Waals surface area contributed by atoms with E-state index >= 15 is 0 Å². The van der Waals surface area contributed by atoms with Crippen molar-refractivity contribution in [2.24, 2.45) is 11.7 Å². The number of aliphatic carboxylic acids is 1. The Bertz CT molecular complexity index is 1110. The Morgan fingerprint density at radius 1 is 0.795 bits per heavy atom. The summed E-state index contributed by atoms with van der Waals surface area (Å²) in [5.74, 6) is -3.85. The van der Waals surface area contributed by atoms with Gasteiger partial charge in [-0.3, -0.25) is 14.4 Å². The number of aliphatic hydroxyl groups excluding tert-OH is 1. The van der Waals surface area contributed by atoms with Crippen molar-refractivity contribution < 1.29 is 34.5 Å². The van der Waals surface area contributed by atoms with Crippen LogP contribution in [0.4, 0.5) is 0 Å². The van der Waals surface area contributed by atoms with Crippen LogP contribution in [0.1, 0.15) is 38.3 Å². The van der Waals surface area contributed by atoms with Crippen molar-refractivity contribution in [3.05, 3.63) is 65.7 Å². The smallest absolute Gasteiger partial charge is 0.326 e. The lowest BCUT2D eigenvalue weighted by molar-refractivity contribution is -0.144. The predicted octanol–water partition coefficient (Wildman–Crippen LogP) is 0.471. The molecule has 8 N–H and O–H groups in total.